The molecule has 0 radical (unpaired) electrons. The normalized spacial score (nSPS) is 11.0. The van der Waals surface area contributed by atoms with Crippen LogP contribution in [0.2, 0.25) is 5.02 Å². The minimum Gasteiger partial charge on any atom is -0.322 e. The summed E-state index contributed by atoms with van der Waals surface area (Å²) in [4.78, 5) is 24.7. The van der Waals surface area contributed by atoms with Gasteiger partial charge >= 0.3 is 0 Å². The molecule has 3 aromatic rings. The highest BCUT2D eigenvalue weighted by Crippen LogP contribution is 2.23. The molecule has 0 fully saturated rings. The summed E-state index contributed by atoms with van der Waals surface area (Å²) >= 11 is 5.84. The lowest BCUT2D eigenvalue weighted by atomic mass is 9.87. The summed E-state index contributed by atoms with van der Waals surface area (Å²) in [6.07, 6.45) is 0. The van der Waals surface area contributed by atoms with E-state index in [9.17, 15) is 9.59 Å². The molecule has 3 rings (SSSR count). The first kappa shape index (κ1) is 20.6. The van der Waals surface area contributed by atoms with Gasteiger partial charge < -0.3 is 10.6 Å². The number of hydrogen-bond donors (Lipinski definition) is 2. The number of benzene rings is 3. The van der Waals surface area contributed by atoms with Gasteiger partial charge in [-0.15, -0.1) is 0 Å². The van der Waals surface area contributed by atoms with E-state index in [0.29, 0.717) is 27.5 Å². The Bertz CT molecular complexity index is 1000. The lowest BCUT2D eigenvalue weighted by Gasteiger charge is -2.19. The topological polar surface area (TPSA) is 58.2 Å². The van der Waals surface area contributed by atoms with Crippen LogP contribution in [0.4, 0.5) is 11.4 Å². The Balaban J connectivity index is 1.62. The maximum atomic E-state index is 12.5. The van der Waals surface area contributed by atoms with Crippen molar-refractivity contribution in [1.29, 1.82) is 0 Å². The smallest absolute Gasteiger partial charge is 0.255 e. The number of nitrogens with one attached hydrogen (secondary N) is 2. The van der Waals surface area contributed by atoms with E-state index in [1.807, 2.05) is 24.3 Å². The molecule has 0 aliphatic carbocycles. The van der Waals surface area contributed by atoms with Crippen LogP contribution in [0.3, 0.4) is 0 Å². The van der Waals surface area contributed by atoms with Crippen LogP contribution in [-0.2, 0) is 5.41 Å². The number of halogens is 1. The monoisotopic (exact) mass is 406 g/mol. The average Bonchev–Trinajstić information content (AvgIpc) is 2.69. The van der Waals surface area contributed by atoms with Crippen molar-refractivity contribution in [3.63, 3.8) is 0 Å². The van der Waals surface area contributed by atoms with Gasteiger partial charge in [-0.3, -0.25) is 9.59 Å². The predicted octanol–water partition coefficient (Wildman–Crippen LogP) is 6.14. The molecule has 4 nitrogen and oxygen atoms in total. The minimum atomic E-state index is -0.225. The molecule has 0 spiro atoms. The Morgan fingerprint density at radius 2 is 1.03 bits per heavy atom. The van der Waals surface area contributed by atoms with Crippen molar-refractivity contribution in [2.45, 2.75) is 26.2 Å². The van der Waals surface area contributed by atoms with Gasteiger partial charge in [0.1, 0.15) is 0 Å². The second-order valence-corrected chi connectivity index (χ2v) is 8.26. The molecular formula is C24H23ClN2O2. The maximum absolute atomic E-state index is 12.5. The van der Waals surface area contributed by atoms with Crippen LogP contribution in [0.5, 0.6) is 0 Å². The first-order chi connectivity index (χ1) is 13.7. The van der Waals surface area contributed by atoms with Crippen LogP contribution in [0.1, 0.15) is 47.1 Å². The van der Waals surface area contributed by atoms with Crippen molar-refractivity contribution in [3.8, 4) is 0 Å². The predicted molar refractivity (Wildman–Crippen MR) is 119 cm³/mol. The number of carbonyl (C=O) groups is 2. The quantitative estimate of drug-likeness (QED) is 0.546. The van der Waals surface area contributed by atoms with Gasteiger partial charge in [0.25, 0.3) is 11.8 Å². The van der Waals surface area contributed by atoms with Crippen molar-refractivity contribution in [3.05, 3.63) is 94.5 Å². The molecule has 5 heteroatoms. The first-order valence-electron chi connectivity index (χ1n) is 9.31. The minimum absolute atomic E-state index is 0.0429. The van der Waals surface area contributed by atoms with E-state index in [1.54, 1.807) is 48.5 Å². The van der Waals surface area contributed by atoms with Crippen LogP contribution < -0.4 is 10.6 Å². The summed E-state index contributed by atoms with van der Waals surface area (Å²) in [7, 11) is 0. The third-order valence-corrected chi connectivity index (χ3v) is 4.77. The van der Waals surface area contributed by atoms with Crippen LogP contribution in [0.15, 0.2) is 72.8 Å². The molecule has 148 valence electrons. The van der Waals surface area contributed by atoms with Crippen LogP contribution >= 0.6 is 11.6 Å². The molecule has 0 aromatic heterocycles. The highest BCUT2D eigenvalue weighted by atomic mass is 35.5. The SMILES string of the molecule is CC(C)(C)c1ccc(C(=O)Nc2ccc(NC(=O)c3ccc(Cl)cc3)cc2)cc1. The maximum Gasteiger partial charge on any atom is 0.255 e. The van der Waals surface area contributed by atoms with Crippen molar-refractivity contribution in [2.75, 3.05) is 10.6 Å². The first-order valence-corrected chi connectivity index (χ1v) is 9.69. The van der Waals surface area contributed by atoms with Gasteiger partial charge in [-0.05, 0) is 71.6 Å². The van der Waals surface area contributed by atoms with E-state index in [0.717, 1.165) is 0 Å². The lowest BCUT2D eigenvalue weighted by Crippen LogP contribution is -2.14. The van der Waals surface area contributed by atoms with Crippen molar-refractivity contribution >= 4 is 34.8 Å². The van der Waals surface area contributed by atoms with E-state index in [2.05, 4.69) is 31.4 Å². The van der Waals surface area contributed by atoms with E-state index < -0.39 is 0 Å². The fourth-order valence-corrected chi connectivity index (χ4v) is 2.89. The van der Waals surface area contributed by atoms with E-state index >= 15 is 0 Å². The Labute approximate surface area is 175 Å². The molecule has 3 aromatic carbocycles. The van der Waals surface area contributed by atoms with Crippen molar-refractivity contribution in [2.24, 2.45) is 0 Å². The van der Waals surface area contributed by atoms with E-state index in [4.69, 9.17) is 11.6 Å². The number of rotatable bonds is 4. The lowest BCUT2D eigenvalue weighted by molar-refractivity contribution is 0.101. The fourth-order valence-electron chi connectivity index (χ4n) is 2.77. The molecule has 0 aliphatic rings. The van der Waals surface area contributed by atoms with Gasteiger partial charge in [-0.25, -0.2) is 0 Å². The summed E-state index contributed by atoms with van der Waals surface area (Å²) in [5.41, 5.74) is 3.62. The zero-order valence-electron chi connectivity index (χ0n) is 16.6. The van der Waals surface area contributed by atoms with Gasteiger partial charge in [0.2, 0.25) is 0 Å². The van der Waals surface area contributed by atoms with E-state index in [-0.39, 0.29) is 17.2 Å². The van der Waals surface area contributed by atoms with Crippen molar-refractivity contribution < 1.29 is 9.59 Å². The molecule has 0 unspecified atom stereocenters. The summed E-state index contributed by atoms with van der Waals surface area (Å²) in [6, 6.07) is 21.3. The van der Waals surface area contributed by atoms with E-state index in [1.165, 1.54) is 5.56 Å². The molecule has 2 N–H and O–H groups in total. The Morgan fingerprint density at radius 3 is 1.41 bits per heavy atom. The third kappa shape index (κ3) is 5.46. The molecular weight excluding hydrogens is 384 g/mol. The highest BCUT2D eigenvalue weighted by Gasteiger charge is 2.14. The van der Waals surface area contributed by atoms with Crippen LogP contribution in [0.25, 0.3) is 0 Å². The van der Waals surface area contributed by atoms with Gasteiger partial charge in [0, 0.05) is 27.5 Å². The summed E-state index contributed by atoms with van der Waals surface area (Å²) in [6.45, 7) is 6.40. The Hall–Kier alpha value is -3.11. The standard InChI is InChI=1S/C24H23ClN2O2/c1-24(2,3)18-8-4-16(5-9-18)22(28)26-20-12-14-21(15-13-20)27-23(29)17-6-10-19(25)11-7-17/h4-15H,1-3H3,(H,26,28)(H,27,29). The van der Waals surface area contributed by atoms with Crippen molar-refractivity contribution in [1.82, 2.24) is 0 Å². The molecule has 0 saturated heterocycles. The molecule has 0 aliphatic heterocycles. The van der Waals surface area contributed by atoms with Gasteiger partial charge in [-0.1, -0.05) is 44.5 Å². The fraction of sp³-hybridized carbons (Fsp3) is 0.167. The van der Waals surface area contributed by atoms with Crippen LogP contribution in [-0.4, -0.2) is 11.8 Å². The average molecular weight is 407 g/mol. The molecule has 0 heterocycles. The Kier molecular flexibility index (Phi) is 6.04. The molecule has 2 amide bonds. The molecule has 0 atom stereocenters. The van der Waals surface area contributed by atoms with Gasteiger partial charge in [0.15, 0.2) is 0 Å². The zero-order chi connectivity index (χ0) is 21.0. The zero-order valence-corrected chi connectivity index (χ0v) is 17.4. The summed E-state index contributed by atoms with van der Waals surface area (Å²) < 4.78 is 0. The molecule has 0 bridgehead atoms. The summed E-state index contributed by atoms with van der Waals surface area (Å²) in [5, 5.41) is 6.26. The van der Waals surface area contributed by atoms with Crippen LogP contribution in [0, 0.1) is 0 Å². The number of anilines is 2. The number of hydrogen-bond acceptors (Lipinski definition) is 2. The highest BCUT2D eigenvalue weighted by molar-refractivity contribution is 6.30. The Morgan fingerprint density at radius 1 is 0.655 bits per heavy atom. The number of amides is 2. The molecule has 0 saturated carbocycles. The largest absolute Gasteiger partial charge is 0.322 e. The second-order valence-electron chi connectivity index (χ2n) is 7.82. The van der Waals surface area contributed by atoms with Gasteiger partial charge in [-0.2, -0.15) is 0 Å². The third-order valence-electron chi connectivity index (χ3n) is 4.52. The summed E-state index contributed by atoms with van der Waals surface area (Å²) in [5.74, 6) is -0.402. The second kappa shape index (κ2) is 8.50. The molecule has 29 heavy (non-hydrogen) atoms. The number of carbonyl (C=O) groups excluding carboxylic acids is 2. The van der Waals surface area contributed by atoms with Gasteiger partial charge in [0.05, 0.1) is 0 Å².